The predicted molar refractivity (Wildman–Crippen MR) is 68.3 cm³/mol. The summed E-state index contributed by atoms with van der Waals surface area (Å²) in [7, 11) is 4.45. The van der Waals surface area contributed by atoms with Gasteiger partial charge in [0.1, 0.15) is 0 Å². The van der Waals surface area contributed by atoms with E-state index in [9.17, 15) is 0 Å². The van der Waals surface area contributed by atoms with Crippen molar-refractivity contribution in [2.24, 2.45) is 0 Å². The minimum absolute atomic E-state index is 0.217. The Balaban J connectivity index is 2.20. The molecule has 1 fully saturated rings. The Morgan fingerprint density at radius 2 is 1.94 bits per heavy atom. The minimum atomic E-state index is 0.217. The van der Waals surface area contributed by atoms with Gasteiger partial charge in [0.15, 0.2) is 0 Å². The number of likely N-dealkylation sites (N-methyl/N-ethyl adjacent to an activating group) is 1. The van der Waals surface area contributed by atoms with Crippen LogP contribution in [0, 0.1) is 0 Å². The van der Waals surface area contributed by atoms with Crippen LogP contribution >= 0.6 is 0 Å². The molecular weight excluding hydrogens is 194 g/mol. The summed E-state index contributed by atoms with van der Waals surface area (Å²) in [5, 5.41) is 0. The zero-order valence-corrected chi connectivity index (χ0v) is 10.2. The highest BCUT2D eigenvalue weighted by Gasteiger charge is 2.44. The number of hydrogen-bond donors (Lipinski definition) is 0. The fourth-order valence-corrected chi connectivity index (χ4v) is 3.50. The third kappa shape index (κ3) is 1.15. The Morgan fingerprint density at radius 3 is 2.75 bits per heavy atom. The van der Waals surface area contributed by atoms with Crippen LogP contribution in [-0.4, -0.2) is 19.0 Å². The molecule has 2 aliphatic rings. The lowest BCUT2D eigenvalue weighted by atomic mass is 9.75. The van der Waals surface area contributed by atoms with E-state index in [1.54, 1.807) is 5.57 Å². The van der Waals surface area contributed by atoms with E-state index in [0.29, 0.717) is 0 Å². The van der Waals surface area contributed by atoms with E-state index in [4.69, 9.17) is 0 Å². The van der Waals surface area contributed by atoms with Crippen LogP contribution in [0.3, 0.4) is 0 Å². The first kappa shape index (κ1) is 10.1. The molecule has 0 amide bonds. The van der Waals surface area contributed by atoms with Gasteiger partial charge in [0.2, 0.25) is 0 Å². The average molecular weight is 213 g/mol. The maximum absolute atomic E-state index is 2.43. The molecule has 3 rings (SSSR count). The Labute approximate surface area is 97.8 Å². The van der Waals surface area contributed by atoms with Crippen molar-refractivity contribution in [1.82, 2.24) is 4.90 Å². The van der Waals surface area contributed by atoms with Crippen LogP contribution in [0.4, 0.5) is 0 Å². The van der Waals surface area contributed by atoms with Crippen molar-refractivity contribution in [3.8, 4) is 0 Å². The van der Waals surface area contributed by atoms with Crippen molar-refractivity contribution < 1.29 is 0 Å². The first-order chi connectivity index (χ1) is 7.75. The largest absolute Gasteiger partial charge is 0.296 e. The number of hydrogen-bond acceptors (Lipinski definition) is 1. The molecule has 84 valence electrons. The lowest BCUT2D eigenvalue weighted by Crippen LogP contribution is -2.43. The molecule has 1 saturated carbocycles. The van der Waals surface area contributed by atoms with E-state index in [1.807, 2.05) is 0 Å². The maximum Gasteiger partial charge on any atom is 0.0679 e. The molecule has 1 atom stereocenters. The first-order valence-electron chi connectivity index (χ1n) is 6.23. The van der Waals surface area contributed by atoms with Crippen LogP contribution in [0.1, 0.15) is 36.8 Å². The summed E-state index contributed by atoms with van der Waals surface area (Å²) in [6.45, 7) is 0. The molecule has 1 aromatic carbocycles. The van der Waals surface area contributed by atoms with Crippen LogP contribution in [-0.2, 0) is 5.54 Å². The zero-order valence-electron chi connectivity index (χ0n) is 10.2. The van der Waals surface area contributed by atoms with E-state index >= 15 is 0 Å². The summed E-state index contributed by atoms with van der Waals surface area (Å²) in [6.07, 6.45) is 7.68. The lowest BCUT2D eigenvalue weighted by molar-refractivity contribution is 0.160. The summed E-state index contributed by atoms with van der Waals surface area (Å²) >= 11 is 0. The first-order valence-corrected chi connectivity index (χ1v) is 6.23. The van der Waals surface area contributed by atoms with Gasteiger partial charge in [-0.1, -0.05) is 36.8 Å². The van der Waals surface area contributed by atoms with Gasteiger partial charge in [-0.25, -0.2) is 0 Å². The van der Waals surface area contributed by atoms with Crippen molar-refractivity contribution in [3.63, 3.8) is 0 Å². The molecule has 0 spiro atoms. The average Bonchev–Trinajstić information content (AvgIpc) is 2.64. The van der Waals surface area contributed by atoms with Crippen molar-refractivity contribution in [2.75, 3.05) is 14.1 Å². The monoisotopic (exact) mass is 213 g/mol. The smallest absolute Gasteiger partial charge is 0.0679 e. The van der Waals surface area contributed by atoms with Gasteiger partial charge in [-0.3, -0.25) is 4.90 Å². The Bertz CT molecular complexity index is 445. The molecule has 1 nitrogen and oxygen atoms in total. The molecule has 2 aliphatic carbocycles. The quantitative estimate of drug-likeness (QED) is 0.691. The fourth-order valence-electron chi connectivity index (χ4n) is 3.50. The molecule has 1 heteroatoms. The highest BCUT2D eigenvalue weighted by molar-refractivity contribution is 5.69. The lowest BCUT2D eigenvalue weighted by Gasteiger charge is -2.43. The second-order valence-electron chi connectivity index (χ2n) is 5.22. The molecule has 1 aromatic rings. The highest BCUT2D eigenvalue weighted by atomic mass is 15.2. The standard InChI is InChI=1S/C15H19N/c1-16(2)15-10-6-5-8-13(15)11-12-7-3-4-9-14(12)15/h3-4,7,9,11H,5-6,8,10H2,1-2H3. The van der Waals surface area contributed by atoms with Gasteiger partial charge in [0.25, 0.3) is 0 Å². The molecule has 1 unspecified atom stereocenters. The Hall–Kier alpha value is -1.08. The summed E-state index contributed by atoms with van der Waals surface area (Å²) in [4.78, 5) is 2.42. The topological polar surface area (TPSA) is 3.24 Å². The summed E-state index contributed by atoms with van der Waals surface area (Å²) in [5.74, 6) is 0. The van der Waals surface area contributed by atoms with E-state index in [1.165, 1.54) is 36.8 Å². The highest BCUT2D eigenvalue weighted by Crippen LogP contribution is 2.51. The molecule has 0 heterocycles. The van der Waals surface area contributed by atoms with Gasteiger partial charge in [-0.05, 0) is 50.1 Å². The van der Waals surface area contributed by atoms with Crippen molar-refractivity contribution in [1.29, 1.82) is 0 Å². The predicted octanol–water partition coefficient (Wildman–Crippen LogP) is 3.41. The van der Waals surface area contributed by atoms with Crippen LogP contribution < -0.4 is 0 Å². The molecule has 0 saturated heterocycles. The van der Waals surface area contributed by atoms with Crippen LogP contribution in [0.5, 0.6) is 0 Å². The van der Waals surface area contributed by atoms with Gasteiger partial charge in [-0.15, -0.1) is 0 Å². The van der Waals surface area contributed by atoms with Crippen LogP contribution in [0.25, 0.3) is 6.08 Å². The molecule has 0 aliphatic heterocycles. The number of rotatable bonds is 1. The third-order valence-corrected chi connectivity index (χ3v) is 4.27. The van der Waals surface area contributed by atoms with Gasteiger partial charge >= 0.3 is 0 Å². The molecule has 0 radical (unpaired) electrons. The summed E-state index contributed by atoms with van der Waals surface area (Å²) in [6, 6.07) is 8.89. The Morgan fingerprint density at radius 1 is 1.12 bits per heavy atom. The third-order valence-electron chi connectivity index (χ3n) is 4.27. The van der Waals surface area contributed by atoms with E-state index in [-0.39, 0.29) is 5.54 Å². The molecule has 0 aromatic heterocycles. The van der Waals surface area contributed by atoms with Gasteiger partial charge in [0, 0.05) is 0 Å². The van der Waals surface area contributed by atoms with Gasteiger partial charge in [-0.2, -0.15) is 0 Å². The van der Waals surface area contributed by atoms with E-state index in [0.717, 1.165) is 0 Å². The molecule has 0 bridgehead atoms. The van der Waals surface area contributed by atoms with Crippen molar-refractivity contribution in [2.45, 2.75) is 31.2 Å². The molecular formula is C15H19N. The molecule has 16 heavy (non-hydrogen) atoms. The van der Waals surface area contributed by atoms with Crippen molar-refractivity contribution in [3.05, 3.63) is 41.0 Å². The van der Waals surface area contributed by atoms with Crippen LogP contribution in [0.2, 0.25) is 0 Å². The van der Waals surface area contributed by atoms with E-state index < -0.39 is 0 Å². The maximum atomic E-state index is 2.43. The number of nitrogens with zero attached hydrogens (tertiary/aromatic N) is 1. The van der Waals surface area contributed by atoms with Crippen molar-refractivity contribution >= 4 is 6.08 Å². The van der Waals surface area contributed by atoms with Crippen LogP contribution in [0.15, 0.2) is 29.8 Å². The number of fused-ring (bicyclic) bond motifs is 3. The SMILES string of the molecule is CN(C)C12CCCCC1=Cc1ccccc12. The zero-order chi connectivity index (χ0) is 11.2. The normalized spacial score (nSPS) is 27.6. The summed E-state index contributed by atoms with van der Waals surface area (Å²) < 4.78 is 0. The second-order valence-corrected chi connectivity index (χ2v) is 5.22. The fraction of sp³-hybridized carbons (Fsp3) is 0.467. The Kier molecular flexibility index (Phi) is 2.18. The van der Waals surface area contributed by atoms with Gasteiger partial charge < -0.3 is 0 Å². The minimum Gasteiger partial charge on any atom is -0.296 e. The molecule has 0 N–H and O–H groups in total. The van der Waals surface area contributed by atoms with E-state index in [2.05, 4.69) is 49.3 Å². The number of benzene rings is 1. The summed E-state index contributed by atoms with van der Waals surface area (Å²) in [5.41, 5.74) is 4.81. The second kappa shape index (κ2) is 3.46. The van der Waals surface area contributed by atoms with Gasteiger partial charge in [0.05, 0.1) is 5.54 Å².